The van der Waals surface area contributed by atoms with Crippen molar-refractivity contribution in [3.63, 3.8) is 0 Å². The molecule has 1 aromatic carbocycles. The first-order valence-corrected chi connectivity index (χ1v) is 7.95. The van der Waals surface area contributed by atoms with E-state index in [9.17, 15) is 4.79 Å². The molecule has 0 aliphatic rings. The van der Waals surface area contributed by atoms with Gasteiger partial charge in [-0.1, -0.05) is 30.3 Å². The smallest absolute Gasteiger partial charge is 0.233 e. The number of amides is 1. The summed E-state index contributed by atoms with van der Waals surface area (Å²) in [5.74, 6) is -0.0239. The van der Waals surface area contributed by atoms with E-state index in [-0.39, 0.29) is 11.2 Å². The highest BCUT2D eigenvalue weighted by atomic mass is 32.1. The third-order valence-corrected chi connectivity index (χ3v) is 4.16. The highest BCUT2D eigenvalue weighted by Gasteiger charge is 2.13. The zero-order valence-corrected chi connectivity index (χ0v) is 13.1. The lowest BCUT2D eigenvalue weighted by molar-refractivity contribution is -0.120. The Bertz CT molecular complexity index is 554. The van der Waals surface area contributed by atoms with Crippen molar-refractivity contribution >= 4 is 29.9 Å². The number of nitrogens with zero attached hydrogens (tertiary/aromatic N) is 1. The number of hydrogen-bond acceptors (Lipinski definition) is 4. The number of aryl methyl sites for hydroxylation is 1. The van der Waals surface area contributed by atoms with E-state index >= 15 is 0 Å². The van der Waals surface area contributed by atoms with Crippen LogP contribution in [0.3, 0.4) is 0 Å². The molecule has 0 aliphatic heterocycles. The van der Waals surface area contributed by atoms with Crippen molar-refractivity contribution in [1.82, 2.24) is 10.3 Å². The molecule has 1 N–H and O–H groups in total. The van der Waals surface area contributed by atoms with E-state index in [0.717, 1.165) is 22.7 Å². The number of rotatable bonds is 6. The average molecular weight is 306 g/mol. The van der Waals surface area contributed by atoms with Gasteiger partial charge in [-0.2, -0.15) is 12.6 Å². The van der Waals surface area contributed by atoms with Gasteiger partial charge in [0.1, 0.15) is 0 Å². The number of nitrogens with one attached hydrogen (secondary N) is 1. The van der Waals surface area contributed by atoms with E-state index in [4.69, 9.17) is 0 Å². The molecule has 1 atom stereocenters. The first-order valence-electron chi connectivity index (χ1n) is 6.56. The lowest BCUT2D eigenvalue weighted by Crippen LogP contribution is -2.34. The van der Waals surface area contributed by atoms with Crippen LogP contribution in [0.2, 0.25) is 0 Å². The minimum Gasteiger partial charge on any atom is -0.355 e. The molecule has 2 rings (SSSR count). The van der Waals surface area contributed by atoms with Crippen LogP contribution in [-0.4, -0.2) is 22.7 Å². The Kier molecular flexibility index (Phi) is 5.61. The maximum absolute atomic E-state index is 11.9. The predicted molar refractivity (Wildman–Crippen MR) is 86.5 cm³/mol. The zero-order valence-electron chi connectivity index (χ0n) is 11.4. The van der Waals surface area contributed by atoms with Gasteiger partial charge in [0.25, 0.3) is 0 Å². The van der Waals surface area contributed by atoms with Crippen LogP contribution in [0.1, 0.15) is 16.3 Å². The molecule has 1 amide bonds. The van der Waals surface area contributed by atoms with Crippen LogP contribution in [0.15, 0.2) is 35.7 Å². The molecule has 5 heteroatoms. The Morgan fingerprint density at radius 3 is 2.80 bits per heavy atom. The van der Waals surface area contributed by atoms with Crippen molar-refractivity contribution < 1.29 is 4.79 Å². The highest BCUT2D eigenvalue weighted by Crippen LogP contribution is 2.09. The molecule has 0 bridgehead atoms. The Balaban J connectivity index is 1.74. The second-order valence-electron chi connectivity index (χ2n) is 4.60. The summed E-state index contributed by atoms with van der Waals surface area (Å²) in [5.41, 5.74) is 2.16. The Morgan fingerprint density at radius 1 is 1.40 bits per heavy atom. The Labute approximate surface area is 128 Å². The van der Waals surface area contributed by atoms with Crippen LogP contribution in [0, 0.1) is 6.92 Å². The zero-order chi connectivity index (χ0) is 14.4. The second-order valence-corrected chi connectivity index (χ2v) is 6.29. The summed E-state index contributed by atoms with van der Waals surface area (Å²) < 4.78 is 0. The van der Waals surface area contributed by atoms with Gasteiger partial charge in [0, 0.05) is 18.3 Å². The Hall–Kier alpha value is -1.33. The second kappa shape index (κ2) is 7.45. The van der Waals surface area contributed by atoms with Gasteiger partial charge >= 0.3 is 0 Å². The molecule has 0 radical (unpaired) electrons. The summed E-state index contributed by atoms with van der Waals surface area (Å²) >= 11 is 6.01. The van der Waals surface area contributed by atoms with Crippen molar-refractivity contribution in [1.29, 1.82) is 0 Å². The van der Waals surface area contributed by atoms with Gasteiger partial charge in [0.2, 0.25) is 5.91 Å². The summed E-state index contributed by atoms with van der Waals surface area (Å²) in [6, 6.07) is 9.92. The van der Waals surface area contributed by atoms with Crippen LogP contribution >= 0.6 is 24.0 Å². The molecule has 0 aliphatic carbocycles. The van der Waals surface area contributed by atoms with E-state index in [1.807, 2.05) is 42.6 Å². The number of thiazole rings is 1. The van der Waals surface area contributed by atoms with Crippen molar-refractivity contribution in [2.45, 2.75) is 25.0 Å². The maximum atomic E-state index is 11.9. The van der Waals surface area contributed by atoms with Gasteiger partial charge in [-0.05, 0) is 18.9 Å². The molecule has 0 saturated carbocycles. The molecule has 1 unspecified atom stereocenters. The summed E-state index contributed by atoms with van der Waals surface area (Å²) in [5, 5.41) is 5.69. The molecule has 3 nitrogen and oxygen atoms in total. The van der Waals surface area contributed by atoms with Crippen molar-refractivity contribution in [2.24, 2.45) is 0 Å². The van der Waals surface area contributed by atoms with Crippen LogP contribution in [0.5, 0.6) is 0 Å². The van der Waals surface area contributed by atoms with Gasteiger partial charge in [-0.15, -0.1) is 11.3 Å². The van der Waals surface area contributed by atoms with E-state index in [1.54, 1.807) is 11.3 Å². The first-order chi connectivity index (χ1) is 9.65. The third-order valence-electron chi connectivity index (χ3n) is 2.92. The standard InChI is InChI=1S/C15H18N2OS2/c1-11-17-13(10-20-11)7-8-16-15(18)14(19)9-12-5-3-2-4-6-12/h2-6,10,14,19H,7-9H2,1H3,(H,16,18). The minimum absolute atomic E-state index is 0.0239. The van der Waals surface area contributed by atoms with Gasteiger partial charge < -0.3 is 5.32 Å². The average Bonchev–Trinajstić information content (AvgIpc) is 2.85. The van der Waals surface area contributed by atoms with Crippen molar-refractivity contribution in [2.75, 3.05) is 6.54 Å². The van der Waals surface area contributed by atoms with Crippen LogP contribution < -0.4 is 5.32 Å². The molecule has 1 aromatic heterocycles. The van der Waals surface area contributed by atoms with Crippen molar-refractivity contribution in [3.8, 4) is 0 Å². The van der Waals surface area contributed by atoms with Crippen LogP contribution in [0.25, 0.3) is 0 Å². The molecule has 106 valence electrons. The molecular weight excluding hydrogens is 288 g/mol. The SMILES string of the molecule is Cc1nc(CCNC(=O)C(S)Cc2ccccc2)cs1. The fourth-order valence-electron chi connectivity index (χ4n) is 1.88. The number of aromatic nitrogens is 1. The molecule has 0 fully saturated rings. The summed E-state index contributed by atoms with van der Waals surface area (Å²) in [6.07, 6.45) is 1.41. The number of hydrogen-bond donors (Lipinski definition) is 2. The predicted octanol–water partition coefficient (Wildman–Crippen LogP) is 2.65. The van der Waals surface area contributed by atoms with E-state index < -0.39 is 0 Å². The number of carbonyl (C=O) groups excluding carboxylic acids is 1. The number of benzene rings is 1. The highest BCUT2D eigenvalue weighted by molar-refractivity contribution is 7.81. The van der Waals surface area contributed by atoms with E-state index in [2.05, 4.69) is 22.9 Å². The fraction of sp³-hybridized carbons (Fsp3) is 0.333. The van der Waals surface area contributed by atoms with E-state index in [0.29, 0.717) is 13.0 Å². The van der Waals surface area contributed by atoms with Crippen molar-refractivity contribution in [3.05, 3.63) is 52.0 Å². The van der Waals surface area contributed by atoms with Gasteiger partial charge in [0.15, 0.2) is 0 Å². The summed E-state index contributed by atoms with van der Waals surface area (Å²) in [6.45, 7) is 2.59. The number of thiol groups is 1. The monoisotopic (exact) mass is 306 g/mol. The lowest BCUT2D eigenvalue weighted by Gasteiger charge is -2.11. The largest absolute Gasteiger partial charge is 0.355 e. The molecule has 0 saturated heterocycles. The normalized spacial score (nSPS) is 12.1. The maximum Gasteiger partial charge on any atom is 0.233 e. The number of carbonyl (C=O) groups is 1. The molecule has 0 spiro atoms. The van der Waals surface area contributed by atoms with Gasteiger partial charge in [-0.25, -0.2) is 4.98 Å². The lowest BCUT2D eigenvalue weighted by atomic mass is 10.1. The van der Waals surface area contributed by atoms with Crippen LogP contribution in [0.4, 0.5) is 0 Å². The van der Waals surface area contributed by atoms with E-state index in [1.165, 1.54) is 0 Å². The quantitative estimate of drug-likeness (QED) is 0.806. The molecule has 1 heterocycles. The first kappa shape index (κ1) is 15.1. The van der Waals surface area contributed by atoms with Gasteiger partial charge in [0.05, 0.1) is 16.0 Å². The topological polar surface area (TPSA) is 42.0 Å². The molecule has 2 aromatic rings. The minimum atomic E-state index is -0.311. The Morgan fingerprint density at radius 2 is 2.15 bits per heavy atom. The van der Waals surface area contributed by atoms with Crippen LogP contribution in [-0.2, 0) is 17.6 Å². The third kappa shape index (κ3) is 4.65. The summed E-state index contributed by atoms with van der Waals surface area (Å²) in [7, 11) is 0. The molecule has 20 heavy (non-hydrogen) atoms. The fourth-order valence-corrected chi connectivity index (χ4v) is 2.83. The van der Waals surface area contributed by atoms with Gasteiger partial charge in [-0.3, -0.25) is 4.79 Å². The molecular formula is C15H18N2OS2. The summed E-state index contributed by atoms with van der Waals surface area (Å²) in [4.78, 5) is 16.3.